The van der Waals surface area contributed by atoms with E-state index in [1.807, 2.05) is 31.1 Å². The molecule has 1 unspecified atom stereocenters. The van der Waals surface area contributed by atoms with E-state index in [-0.39, 0.29) is 27.8 Å². The van der Waals surface area contributed by atoms with Crippen molar-refractivity contribution >= 4 is 56.0 Å². The van der Waals surface area contributed by atoms with Crippen LogP contribution in [-0.2, 0) is 14.8 Å². The standard InChI is InChI=1S/C36H36ClN7O4S/c1-42(2)20-9-15-33(45)39-26-18-16-25(17-19-26)35(46)43-21-8-10-27(23-43)40-36-38-22-31(37)34(41-36)30-24-44(32-14-7-6-13-29(30)32)49(47,48)28-11-4-3-5-12-28/h3-7,9,11-19,22,24,27H,8,10,20-21,23H2,1-2H3,(H,39,45)(H,38,40,41). The number of likely N-dealkylation sites (tertiary alicyclic amines) is 1. The van der Waals surface area contributed by atoms with Crippen LogP contribution in [0.2, 0.25) is 5.02 Å². The van der Waals surface area contributed by atoms with E-state index in [0.717, 1.165) is 12.8 Å². The number of piperidine rings is 1. The van der Waals surface area contributed by atoms with Crippen LogP contribution in [0.15, 0.2) is 108 Å². The first-order valence-corrected chi connectivity index (χ1v) is 17.6. The summed E-state index contributed by atoms with van der Waals surface area (Å²) in [4.78, 5) is 38.7. The van der Waals surface area contributed by atoms with E-state index in [9.17, 15) is 18.0 Å². The van der Waals surface area contributed by atoms with Gasteiger partial charge >= 0.3 is 0 Å². The molecular formula is C36H36ClN7O4S. The lowest BCUT2D eigenvalue weighted by molar-refractivity contribution is -0.111. The Morgan fingerprint density at radius 1 is 1.02 bits per heavy atom. The number of fused-ring (bicyclic) bond motifs is 1. The van der Waals surface area contributed by atoms with Crippen molar-refractivity contribution in [2.75, 3.05) is 44.4 Å². The number of amides is 2. The van der Waals surface area contributed by atoms with Gasteiger partial charge in [0.2, 0.25) is 11.9 Å². The SMILES string of the molecule is CN(C)CC=CC(=O)Nc1ccc(C(=O)N2CCCC(Nc3ncc(Cl)c(-c4cn(S(=O)(=O)c5ccccc5)c5ccccc45)n3)C2)cc1. The fourth-order valence-electron chi connectivity index (χ4n) is 5.76. The first kappa shape index (κ1) is 33.8. The van der Waals surface area contributed by atoms with Crippen LogP contribution in [0, 0.1) is 0 Å². The lowest BCUT2D eigenvalue weighted by atomic mass is 10.0. The van der Waals surface area contributed by atoms with Gasteiger partial charge in [-0.1, -0.05) is 54.1 Å². The molecule has 2 amide bonds. The number of carbonyl (C=O) groups is 2. The van der Waals surface area contributed by atoms with Crippen LogP contribution in [0.4, 0.5) is 11.6 Å². The minimum absolute atomic E-state index is 0.111. The summed E-state index contributed by atoms with van der Waals surface area (Å²) < 4.78 is 28.5. The van der Waals surface area contributed by atoms with Crippen LogP contribution in [0.5, 0.6) is 0 Å². The molecule has 2 N–H and O–H groups in total. The van der Waals surface area contributed by atoms with Crippen molar-refractivity contribution in [3.05, 3.63) is 114 Å². The number of carbonyl (C=O) groups excluding carboxylic acids is 2. The third-order valence-electron chi connectivity index (χ3n) is 8.16. The van der Waals surface area contributed by atoms with Crippen LogP contribution in [-0.4, -0.2) is 83.7 Å². The van der Waals surface area contributed by atoms with E-state index in [1.165, 1.54) is 16.2 Å². The minimum Gasteiger partial charge on any atom is -0.350 e. The van der Waals surface area contributed by atoms with Gasteiger partial charge in [0.1, 0.15) is 0 Å². The Morgan fingerprint density at radius 3 is 2.51 bits per heavy atom. The molecule has 1 atom stereocenters. The molecule has 0 aliphatic carbocycles. The smallest absolute Gasteiger partial charge is 0.268 e. The Bertz CT molecular complexity index is 2120. The molecule has 1 aliphatic heterocycles. The van der Waals surface area contributed by atoms with Crippen LogP contribution >= 0.6 is 11.6 Å². The Hall–Kier alpha value is -5.04. The Morgan fingerprint density at radius 2 is 1.76 bits per heavy atom. The minimum atomic E-state index is -3.90. The number of halogens is 1. The topological polar surface area (TPSA) is 130 Å². The van der Waals surface area contributed by atoms with Gasteiger partial charge in [-0.15, -0.1) is 0 Å². The number of nitrogens with one attached hydrogen (secondary N) is 2. The monoisotopic (exact) mass is 697 g/mol. The molecule has 1 aliphatic rings. The third kappa shape index (κ3) is 7.67. The van der Waals surface area contributed by atoms with Gasteiger partial charge in [-0.05, 0) is 69.4 Å². The number of rotatable bonds is 10. The maximum Gasteiger partial charge on any atom is 0.268 e. The van der Waals surface area contributed by atoms with Gasteiger partial charge in [0.25, 0.3) is 15.9 Å². The van der Waals surface area contributed by atoms with Gasteiger partial charge in [0.15, 0.2) is 0 Å². The lowest BCUT2D eigenvalue weighted by Crippen LogP contribution is -2.45. The first-order valence-electron chi connectivity index (χ1n) is 15.8. The molecule has 11 nitrogen and oxygen atoms in total. The normalized spacial score (nSPS) is 15.2. The fraction of sp³-hybridized carbons (Fsp3) is 0.222. The number of anilines is 2. The second kappa shape index (κ2) is 14.6. The van der Waals surface area contributed by atoms with Crippen molar-refractivity contribution in [3.63, 3.8) is 0 Å². The summed E-state index contributed by atoms with van der Waals surface area (Å²) in [7, 11) is -0.0492. The van der Waals surface area contributed by atoms with Crippen LogP contribution in [0.25, 0.3) is 22.2 Å². The number of hydrogen-bond donors (Lipinski definition) is 2. The van der Waals surface area contributed by atoms with Crippen molar-refractivity contribution in [2.24, 2.45) is 0 Å². The number of hydrogen-bond acceptors (Lipinski definition) is 8. The van der Waals surface area contributed by atoms with Crippen molar-refractivity contribution in [2.45, 2.75) is 23.8 Å². The van der Waals surface area contributed by atoms with Gasteiger partial charge in [0.05, 0.1) is 27.3 Å². The predicted molar refractivity (Wildman–Crippen MR) is 192 cm³/mol. The molecule has 0 spiro atoms. The van der Waals surface area contributed by atoms with Crippen molar-refractivity contribution < 1.29 is 18.0 Å². The molecule has 3 heterocycles. The molecule has 3 aromatic carbocycles. The molecule has 0 radical (unpaired) electrons. The summed E-state index contributed by atoms with van der Waals surface area (Å²) in [5, 5.41) is 7.12. The fourth-order valence-corrected chi connectivity index (χ4v) is 7.35. The highest BCUT2D eigenvalue weighted by Crippen LogP contribution is 2.36. The zero-order chi connectivity index (χ0) is 34.5. The molecule has 1 fully saturated rings. The third-order valence-corrected chi connectivity index (χ3v) is 10.1. The Balaban J connectivity index is 1.17. The molecule has 5 aromatic rings. The van der Waals surface area contributed by atoms with Crippen LogP contribution < -0.4 is 10.6 Å². The van der Waals surface area contributed by atoms with E-state index in [0.29, 0.717) is 59.0 Å². The lowest BCUT2D eigenvalue weighted by Gasteiger charge is -2.33. The van der Waals surface area contributed by atoms with Gasteiger partial charge in [0, 0.05) is 60.1 Å². The molecule has 6 rings (SSSR count). The molecule has 2 aromatic heterocycles. The summed E-state index contributed by atoms with van der Waals surface area (Å²) in [6.07, 6.45) is 7.89. The van der Waals surface area contributed by atoms with E-state index < -0.39 is 10.0 Å². The molecule has 252 valence electrons. The van der Waals surface area contributed by atoms with E-state index in [4.69, 9.17) is 16.6 Å². The largest absolute Gasteiger partial charge is 0.350 e. The van der Waals surface area contributed by atoms with E-state index in [1.54, 1.807) is 83.9 Å². The summed E-state index contributed by atoms with van der Waals surface area (Å²) in [6, 6.07) is 22.2. The second-order valence-electron chi connectivity index (χ2n) is 12.0. The predicted octanol–water partition coefficient (Wildman–Crippen LogP) is 5.76. The first-order chi connectivity index (χ1) is 23.6. The maximum atomic E-state index is 13.6. The van der Waals surface area contributed by atoms with Crippen LogP contribution in [0.3, 0.4) is 0 Å². The molecule has 0 saturated carbocycles. The molecular weight excluding hydrogens is 662 g/mol. The van der Waals surface area contributed by atoms with Gasteiger partial charge in [-0.25, -0.2) is 22.4 Å². The number of likely N-dealkylation sites (N-methyl/N-ethyl adjacent to an activating group) is 1. The summed E-state index contributed by atoms with van der Waals surface area (Å²) in [6.45, 7) is 1.70. The summed E-state index contributed by atoms with van der Waals surface area (Å²) >= 11 is 6.63. The highest BCUT2D eigenvalue weighted by molar-refractivity contribution is 7.90. The number of benzene rings is 3. The maximum absolute atomic E-state index is 13.6. The van der Waals surface area contributed by atoms with Crippen molar-refractivity contribution in [1.82, 2.24) is 23.7 Å². The average molecular weight is 698 g/mol. The molecule has 13 heteroatoms. The molecule has 1 saturated heterocycles. The van der Waals surface area contributed by atoms with E-state index in [2.05, 4.69) is 15.6 Å². The Labute approximate surface area is 290 Å². The van der Waals surface area contributed by atoms with Gasteiger partial charge < -0.3 is 20.4 Å². The van der Waals surface area contributed by atoms with E-state index >= 15 is 0 Å². The molecule has 0 bridgehead atoms. The second-order valence-corrected chi connectivity index (χ2v) is 14.3. The zero-order valence-electron chi connectivity index (χ0n) is 27.1. The molecule has 49 heavy (non-hydrogen) atoms. The van der Waals surface area contributed by atoms with Gasteiger partial charge in [-0.3, -0.25) is 9.59 Å². The van der Waals surface area contributed by atoms with Crippen LogP contribution in [0.1, 0.15) is 23.2 Å². The highest BCUT2D eigenvalue weighted by atomic mass is 35.5. The zero-order valence-corrected chi connectivity index (χ0v) is 28.7. The number of para-hydroxylation sites is 1. The average Bonchev–Trinajstić information content (AvgIpc) is 3.50. The summed E-state index contributed by atoms with van der Waals surface area (Å²) in [5.74, 6) is -0.0250. The highest BCUT2D eigenvalue weighted by Gasteiger charge is 2.27. The van der Waals surface area contributed by atoms with Gasteiger partial charge in [-0.2, -0.15) is 0 Å². The quantitative estimate of drug-likeness (QED) is 0.176. The number of nitrogens with zero attached hydrogens (tertiary/aromatic N) is 5. The number of aromatic nitrogens is 3. The Kier molecular flexibility index (Phi) is 10.1. The summed E-state index contributed by atoms with van der Waals surface area (Å²) in [5.41, 5.74) is 2.57. The van der Waals surface area contributed by atoms with Crippen molar-refractivity contribution in [1.29, 1.82) is 0 Å². The van der Waals surface area contributed by atoms with Crippen molar-refractivity contribution in [3.8, 4) is 11.3 Å².